The summed E-state index contributed by atoms with van der Waals surface area (Å²) in [7, 11) is 1.69. The number of nitrogens with zero attached hydrogens (tertiary/aromatic N) is 2. The number of nitro benzene ring substituents is 1. The van der Waals surface area contributed by atoms with Crippen LogP contribution >= 0.6 is 0 Å². The van der Waals surface area contributed by atoms with Crippen LogP contribution in [-0.2, 0) is 5.41 Å². The quantitative estimate of drug-likeness (QED) is 0.442. The Bertz CT molecular complexity index is 941. The molecule has 0 atom stereocenters. The second kappa shape index (κ2) is 8.49. The molecule has 0 saturated carbocycles. The van der Waals surface area contributed by atoms with E-state index in [0.29, 0.717) is 0 Å². The molecule has 0 radical (unpaired) electrons. The maximum atomic E-state index is 10.9. The lowest BCUT2D eigenvalue weighted by atomic mass is 9.84. The van der Waals surface area contributed by atoms with Gasteiger partial charge >= 0.3 is 0 Å². The van der Waals surface area contributed by atoms with E-state index in [1.807, 2.05) is 12.2 Å². The van der Waals surface area contributed by atoms with E-state index in [2.05, 4.69) is 55.4 Å². The van der Waals surface area contributed by atoms with Crippen LogP contribution in [0.1, 0.15) is 37.5 Å². The standard InChI is InChI=1S/C23H27N3O3/c1-23(2,3)21-15-20(25-13-5-12-24-16-25)14-18(22(21)29-4)9-6-17-7-10-19(11-8-17)26(27)28/h5-11,13-15,24H,12,16H2,1-4H3. The zero-order chi connectivity index (χ0) is 21.0. The maximum absolute atomic E-state index is 10.9. The summed E-state index contributed by atoms with van der Waals surface area (Å²) in [5.41, 5.74) is 4.06. The molecule has 0 unspecified atom stereocenters. The third kappa shape index (κ3) is 4.84. The van der Waals surface area contributed by atoms with E-state index in [4.69, 9.17) is 4.74 Å². The summed E-state index contributed by atoms with van der Waals surface area (Å²) < 4.78 is 5.79. The number of hydrogen-bond acceptors (Lipinski definition) is 5. The lowest BCUT2D eigenvalue weighted by molar-refractivity contribution is -0.384. The number of anilines is 1. The molecule has 0 aliphatic carbocycles. The Morgan fingerprint density at radius 1 is 1.17 bits per heavy atom. The van der Waals surface area contributed by atoms with Gasteiger partial charge in [-0.2, -0.15) is 0 Å². The van der Waals surface area contributed by atoms with Gasteiger partial charge < -0.3 is 9.64 Å². The fraction of sp³-hybridized carbons (Fsp3) is 0.304. The number of rotatable bonds is 5. The average molecular weight is 393 g/mol. The third-order valence-electron chi connectivity index (χ3n) is 4.84. The van der Waals surface area contributed by atoms with Gasteiger partial charge in [0.15, 0.2) is 0 Å². The topological polar surface area (TPSA) is 67.6 Å². The van der Waals surface area contributed by atoms with Gasteiger partial charge in [0.2, 0.25) is 0 Å². The highest BCUT2D eigenvalue weighted by atomic mass is 16.6. The van der Waals surface area contributed by atoms with Gasteiger partial charge in [0, 0.05) is 41.7 Å². The van der Waals surface area contributed by atoms with Crippen molar-refractivity contribution >= 4 is 23.5 Å². The van der Waals surface area contributed by atoms with Crippen LogP contribution in [0.15, 0.2) is 48.7 Å². The van der Waals surface area contributed by atoms with Gasteiger partial charge in [-0.1, -0.05) is 39.0 Å². The second-order valence-electron chi connectivity index (χ2n) is 8.01. The predicted molar refractivity (Wildman–Crippen MR) is 118 cm³/mol. The highest BCUT2D eigenvalue weighted by Gasteiger charge is 2.23. The first-order valence-corrected chi connectivity index (χ1v) is 9.58. The summed E-state index contributed by atoms with van der Waals surface area (Å²) >= 11 is 0. The summed E-state index contributed by atoms with van der Waals surface area (Å²) in [5.74, 6) is 0.841. The fourth-order valence-corrected chi connectivity index (χ4v) is 3.28. The van der Waals surface area contributed by atoms with E-state index < -0.39 is 4.92 Å². The summed E-state index contributed by atoms with van der Waals surface area (Å²) in [4.78, 5) is 12.6. The minimum atomic E-state index is -0.393. The Labute approximate surface area is 171 Å². The van der Waals surface area contributed by atoms with Gasteiger partial charge in [-0.3, -0.25) is 15.4 Å². The van der Waals surface area contributed by atoms with Crippen LogP contribution in [0.2, 0.25) is 0 Å². The van der Waals surface area contributed by atoms with Crippen molar-refractivity contribution in [3.63, 3.8) is 0 Å². The number of non-ortho nitro benzene ring substituents is 1. The van der Waals surface area contributed by atoms with Gasteiger partial charge in [-0.25, -0.2) is 0 Å². The second-order valence-corrected chi connectivity index (χ2v) is 8.01. The van der Waals surface area contributed by atoms with Gasteiger partial charge in [-0.05, 0) is 35.2 Å². The summed E-state index contributed by atoms with van der Waals surface area (Å²) in [6, 6.07) is 10.8. The zero-order valence-electron chi connectivity index (χ0n) is 17.3. The number of benzene rings is 2. The van der Waals surface area contributed by atoms with Crippen molar-refractivity contribution in [3.8, 4) is 5.75 Å². The van der Waals surface area contributed by atoms with Gasteiger partial charge in [0.25, 0.3) is 5.69 Å². The largest absolute Gasteiger partial charge is 0.496 e. The SMILES string of the molecule is COc1c(C=Cc2ccc([N+](=O)[O-])cc2)cc(N2C=CCNC2)cc1C(C)(C)C. The van der Waals surface area contributed by atoms with E-state index in [-0.39, 0.29) is 11.1 Å². The molecule has 1 aliphatic rings. The number of methoxy groups -OCH3 is 1. The van der Waals surface area contributed by atoms with Crippen molar-refractivity contribution in [2.24, 2.45) is 0 Å². The van der Waals surface area contributed by atoms with E-state index in [0.717, 1.165) is 41.3 Å². The minimum Gasteiger partial charge on any atom is -0.496 e. The van der Waals surface area contributed by atoms with Crippen LogP contribution in [0.25, 0.3) is 12.2 Å². The highest BCUT2D eigenvalue weighted by molar-refractivity contribution is 5.77. The van der Waals surface area contributed by atoms with Crippen molar-refractivity contribution in [2.75, 3.05) is 25.2 Å². The molecule has 1 heterocycles. The summed E-state index contributed by atoms with van der Waals surface area (Å²) in [5, 5.41) is 14.2. The van der Waals surface area contributed by atoms with Crippen LogP contribution in [0, 0.1) is 10.1 Å². The molecule has 1 N–H and O–H groups in total. The Hall–Kier alpha value is -3.12. The molecule has 1 aliphatic heterocycles. The van der Waals surface area contributed by atoms with Gasteiger partial charge in [-0.15, -0.1) is 0 Å². The third-order valence-corrected chi connectivity index (χ3v) is 4.84. The van der Waals surface area contributed by atoms with Crippen molar-refractivity contribution in [3.05, 3.63) is 75.5 Å². The molecule has 6 heteroatoms. The van der Waals surface area contributed by atoms with Gasteiger partial charge in [0.1, 0.15) is 5.75 Å². The molecule has 0 saturated heterocycles. The van der Waals surface area contributed by atoms with Crippen LogP contribution in [-0.4, -0.2) is 25.2 Å². The summed E-state index contributed by atoms with van der Waals surface area (Å²) in [6.07, 6.45) is 8.13. The molecular weight excluding hydrogens is 366 g/mol. The van der Waals surface area contributed by atoms with Crippen molar-refractivity contribution in [1.29, 1.82) is 0 Å². The first kappa shape index (κ1) is 20.6. The lowest BCUT2D eigenvalue weighted by Gasteiger charge is -2.29. The number of hydrogen-bond donors (Lipinski definition) is 1. The molecule has 0 aromatic heterocycles. The van der Waals surface area contributed by atoms with Crippen LogP contribution in [0.3, 0.4) is 0 Å². The average Bonchev–Trinajstić information content (AvgIpc) is 2.71. The minimum absolute atomic E-state index is 0.0844. The van der Waals surface area contributed by atoms with Crippen LogP contribution in [0.5, 0.6) is 5.75 Å². The van der Waals surface area contributed by atoms with Crippen molar-refractivity contribution < 1.29 is 9.66 Å². The number of ether oxygens (including phenoxy) is 1. The molecule has 0 spiro atoms. The Kier molecular flexibility index (Phi) is 6.03. The Morgan fingerprint density at radius 3 is 2.45 bits per heavy atom. The Morgan fingerprint density at radius 2 is 1.90 bits per heavy atom. The normalized spacial score (nSPS) is 14.4. The highest BCUT2D eigenvalue weighted by Crippen LogP contribution is 2.38. The molecule has 29 heavy (non-hydrogen) atoms. The molecule has 2 aromatic carbocycles. The first-order valence-electron chi connectivity index (χ1n) is 9.58. The van der Waals surface area contributed by atoms with Crippen molar-refractivity contribution in [2.45, 2.75) is 26.2 Å². The van der Waals surface area contributed by atoms with E-state index >= 15 is 0 Å². The van der Waals surface area contributed by atoms with Crippen LogP contribution < -0.4 is 15.0 Å². The van der Waals surface area contributed by atoms with Crippen molar-refractivity contribution in [1.82, 2.24) is 5.32 Å². The smallest absolute Gasteiger partial charge is 0.269 e. The molecule has 0 fully saturated rings. The van der Waals surface area contributed by atoms with E-state index in [1.165, 1.54) is 12.1 Å². The van der Waals surface area contributed by atoms with E-state index in [1.54, 1.807) is 19.2 Å². The van der Waals surface area contributed by atoms with E-state index in [9.17, 15) is 10.1 Å². The maximum Gasteiger partial charge on any atom is 0.269 e. The first-order chi connectivity index (χ1) is 13.8. The zero-order valence-corrected chi connectivity index (χ0v) is 17.3. The Balaban J connectivity index is 2.04. The molecule has 6 nitrogen and oxygen atoms in total. The molecular formula is C23H27N3O3. The predicted octanol–water partition coefficient (Wildman–Crippen LogP) is 4.95. The molecule has 2 aromatic rings. The molecule has 0 amide bonds. The summed E-state index contributed by atoms with van der Waals surface area (Å²) in [6.45, 7) is 8.12. The van der Waals surface area contributed by atoms with Crippen LogP contribution in [0.4, 0.5) is 11.4 Å². The number of nitro groups is 1. The fourth-order valence-electron chi connectivity index (χ4n) is 3.28. The molecule has 3 rings (SSSR count). The molecule has 152 valence electrons. The number of nitrogens with one attached hydrogen (secondary N) is 1. The lowest BCUT2D eigenvalue weighted by Crippen LogP contribution is -2.34. The molecule has 0 bridgehead atoms. The van der Waals surface area contributed by atoms with Gasteiger partial charge in [0.05, 0.1) is 18.7 Å². The monoisotopic (exact) mass is 393 g/mol.